The first-order chi connectivity index (χ1) is 29.6. The molecular formula is C43H42ClF3N6O7S2. The molecule has 5 N–H and O–H groups in total. The zero-order valence-electron chi connectivity index (χ0n) is 33.1. The van der Waals surface area contributed by atoms with Crippen LogP contribution in [0.2, 0.25) is 5.02 Å². The SMILES string of the molecule is CNCCCNc1ccc(S(=O)(=O)NC(=O)c2ccc(N3CCC([C@H](O)c4ccccc4-c4ccc(Cl)cc4)CC3)cc2Oc2cnc3[nH]ccc3c2)cc1S(=O)(=O)C(F)(F)F. The number of H-pyrrole nitrogens is 1. The summed E-state index contributed by atoms with van der Waals surface area (Å²) in [6, 6.07) is 25.2. The lowest BCUT2D eigenvalue weighted by Gasteiger charge is -2.36. The second-order valence-corrected chi connectivity index (χ2v) is 18.7. The van der Waals surface area contributed by atoms with Gasteiger partial charge in [0.1, 0.15) is 22.0 Å². The number of pyridine rings is 1. The number of sulfonamides is 1. The molecule has 0 bridgehead atoms. The molecular weight excluding hydrogens is 869 g/mol. The Hall–Kier alpha value is -5.66. The van der Waals surface area contributed by atoms with Crippen molar-refractivity contribution in [2.45, 2.75) is 40.7 Å². The number of aliphatic hydroxyl groups excluding tert-OH is 1. The molecule has 7 rings (SSSR count). The summed E-state index contributed by atoms with van der Waals surface area (Å²) in [6.07, 6.45) is 3.97. The molecule has 0 saturated carbocycles. The van der Waals surface area contributed by atoms with E-state index in [1.807, 2.05) is 46.0 Å². The van der Waals surface area contributed by atoms with E-state index in [1.54, 1.807) is 49.6 Å². The van der Waals surface area contributed by atoms with Crippen LogP contribution in [0.1, 0.15) is 41.3 Å². The second-order valence-electron chi connectivity index (χ2n) is 14.7. The van der Waals surface area contributed by atoms with Gasteiger partial charge in [0.2, 0.25) is 0 Å². The number of hydrogen-bond donors (Lipinski definition) is 5. The van der Waals surface area contributed by atoms with E-state index in [0.29, 0.717) is 66.7 Å². The minimum Gasteiger partial charge on any atom is -0.455 e. The Labute approximate surface area is 361 Å². The van der Waals surface area contributed by atoms with Crippen molar-refractivity contribution in [1.29, 1.82) is 0 Å². The van der Waals surface area contributed by atoms with Crippen LogP contribution in [-0.4, -0.2) is 76.6 Å². The Morgan fingerprint density at radius 2 is 1.71 bits per heavy atom. The molecule has 1 saturated heterocycles. The standard InChI is InChI=1S/C43H42ClF3N6O7S2/c1-48-18-4-19-49-37-14-12-33(25-39(37)61(56,57)43(45,46)47)62(58,59)52-42(55)36-13-11-31(24-38(36)60-32-23-29-15-20-50-41(29)51-26-32)53-21-16-28(17-22-53)40(54)35-6-3-2-5-34(35)27-7-9-30(44)10-8-27/h2-3,5-15,20,23-26,28,40,48-49,54H,4,16-19,21-22H2,1H3,(H,50,51)(H,52,55)/t40-/m0/s1. The fourth-order valence-corrected chi connectivity index (χ4v) is 9.50. The number of nitrogens with zero attached hydrogens (tertiary/aromatic N) is 2. The molecule has 326 valence electrons. The summed E-state index contributed by atoms with van der Waals surface area (Å²) >= 11 is 6.12. The second kappa shape index (κ2) is 18.4. The number of aromatic nitrogens is 2. The summed E-state index contributed by atoms with van der Waals surface area (Å²) in [7, 11) is -9.32. The van der Waals surface area contributed by atoms with Gasteiger partial charge in [-0.2, -0.15) is 13.2 Å². The summed E-state index contributed by atoms with van der Waals surface area (Å²) < 4.78 is 102. The van der Waals surface area contributed by atoms with E-state index in [4.69, 9.17) is 16.3 Å². The number of hydrogen-bond acceptors (Lipinski definition) is 11. The van der Waals surface area contributed by atoms with E-state index in [9.17, 15) is 39.9 Å². The number of nitrogens with one attached hydrogen (secondary N) is 4. The number of rotatable bonds is 15. The molecule has 1 aliphatic heterocycles. The van der Waals surface area contributed by atoms with E-state index in [1.165, 1.54) is 12.3 Å². The van der Waals surface area contributed by atoms with Gasteiger partial charge in [0.25, 0.3) is 25.8 Å². The molecule has 1 fully saturated rings. The first-order valence-electron chi connectivity index (χ1n) is 19.5. The van der Waals surface area contributed by atoms with Crippen LogP contribution in [0.25, 0.3) is 22.2 Å². The number of amides is 1. The molecule has 13 nitrogen and oxygen atoms in total. The van der Waals surface area contributed by atoms with Crippen molar-refractivity contribution in [3.8, 4) is 22.6 Å². The number of ether oxygens (including phenoxy) is 1. The van der Waals surface area contributed by atoms with Crippen LogP contribution >= 0.6 is 11.6 Å². The Balaban J connectivity index is 1.14. The predicted molar refractivity (Wildman–Crippen MR) is 231 cm³/mol. The Morgan fingerprint density at radius 1 is 0.968 bits per heavy atom. The molecule has 1 aliphatic rings. The highest BCUT2D eigenvalue weighted by molar-refractivity contribution is 7.92. The third kappa shape index (κ3) is 9.69. The van der Waals surface area contributed by atoms with Crippen molar-refractivity contribution < 1.29 is 44.6 Å². The van der Waals surface area contributed by atoms with Crippen molar-refractivity contribution in [2.75, 3.05) is 43.4 Å². The highest BCUT2D eigenvalue weighted by atomic mass is 35.5. The van der Waals surface area contributed by atoms with Crippen LogP contribution in [-0.2, 0) is 19.9 Å². The number of halogens is 4. The molecule has 0 aliphatic carbocycles. The van der Waals surface area contributed by atoms with Gasteiger partial charge in [-0.3, -0.25) is 4.79 Å². The van der Waals surface area contributed by atoms with Gasteiger partial charge in [-0.25, -0.2) is 26.5 Å². The lowest BCUT2D eigenvalue weighted by Crippen LogP contribution is -2.36. The molecule has 0 radical (unpaired) electrons. The summed E-state index contributed by atoms with van der Waals surface area (Å²) in [5, 5.41) is 18.4. The quantitative estimate of drug-likeness (QED) is 0.0629. The van der Waals surface area contributed by atoms with Gasteiger partial charge in [-0.1, -0.05) is 48.0 Å². The molecule has 62 heavy (non-hydrogen) atoms. The van der Waals surface area contributed by atoms with E-state index >= 15 is 0 Å². The van der Waals surface area contributed by atoms with Crippen molar-refractivity contribution in [3.05, 3.63) is 126 Å². The Bertz CT molecular complexity index is 2800. The molecule has 3 heterocycles. The molecule has 2 aromatic heterocycles. The zero-order valence-corrected chi connectivity index (χ0v) is 35.5. The van der Waals surface area contributed by atoms with Gasteiger partial charge in [-0.15, -0.1) is 0 Å². The van der Waals surface area contributed by atoms with Crippen LogP contribution in [0.5, 0.6) is 11.5 Å². The lowest BCUT2D eigenvalue weighted by molar-refractivity contribution is -0.0435. The highest BCUT2D eigenvalue weighted by Gasteiger charge is 2.48. The van der Waals surface area contributed by atoms with Gasteiger partial charge < -0.3 is 30.4 Å². The first-order valence-corrected chi connectivity index (χ1v) is 22.8. The number of fused-ring (bicyclic) bond motifs is 1. The number of carbonyl (C=O) groups is 1. The molecule has 6 aromatic rings. The summed E-state index contributed by atoms with van der Waals surface area (Å²) in [6.45, 7) is 1.59. The predicted octanol–water partition coefficient (Wildman–Crippen LogP) is 8.06. The number of sulfone groups is 1. The number of anilines is 2. The average molecular weight is 911 g/mol. The summed E-state index contributed by atoms with van der Waals surface area (Å²) in [5.41, 5.74) is -2.62. The first kappa shape index (κ1) is 44.4. The van der Waals surface area contributed by atoms with Crippen LogP contribution in [0.3, 0.4) is 0 Å². The third-order valence-electron chi connectivity index (χ3n) is 10.6. The van der Waals surface area contributed by atoms with Gasteiger partial charge in [-0.05, 0) is 110 Å². The van der Waals surface area contributed by atoms with Crippen molar-refractivity contribution in [1.82, 2.24) is 20.0 Å². The van der Waals surface area contributed by atoms with Gasteiger partial charge in [0.05, 0.1) is 28.4 Å². The molecule has 1 amide bonds. The maximum absolute atomic E-state index is 13.9. The van der Waals surface area contributed by atoms with E-state index < -0.39 is 52.9 Å². The van der Waals surface area contributed by atoms with Crippen LogP contribution < -0.4 is 25.0 Å². The Morgan fingerprint density at radius 3 is 2.44 bits per heavy atom. The molecule has 4 aromatic carbocycles. The Kier molecular flexibility index (Phi) is 13.1. The van der Waals surface area contributed by atoms with Crippen molar-refractivity contribution >= 4 is 59.8 Å². The summed E-state index contributed by atoms with van der Waals surface area (Å²) in [4.78, 5) is 21.0. The van der Waals surface area contributed by atoms with E-state index in [-0.39, 0.29) is 29.5 Å². The number of piperidine rings is 1. The molecule has 1 atom stereocenters. The maximum atomic E-state index is 13.9. The molecule has 0 unspecified atom stereocenters. The number of aromatic amines is 1. The number of aliphatic hydroxyl groups is 1. The number of alkyl halides is 3. The number of benzene rings is 4. The molecule has 19 heteroatoms. The maximum Gasteiger partial charge on any atom is 0.501 e. The highest BCUT2D eigenvalue weighted by Crippen LogP contribution is 2.40. The van der Waals surface area contributed by atoms with Gasteiger partial charge >= 0.3 is 5.51 Å². The van der Waals surface area contributed by atoms with Crippen LogP contribution in [0, 0.1) is 5.92 Å². The van der Waals surface area contributed by atoms with Crippen LogP contribution in [0.4, 0.5) is 24.5 Å². The smallest absolute Gasteiger partial charge is 0.455 e. The third-order valence-corrected chi connectivity index (χ3v) is 13.7. The largest absolute Gasteiger partial charge is 0.501 e. The summed E-state index contributed by atoms with van der Waals surface area (Å²) in [5.74, 6) is -1.13. The van der Waals surface area contributed by atoms with Gasteiger partial charge in [0, 0.05) is 48.0 Å². The monoisotopic (exact) mass is 910 g/mol. The minimum absolute atomic E-state index is 0.0626. The van der Waals surface area contributed by atoms with E-state index in [2.05, 4.69) is 20.6 Å². The molecule has 0 spiro atoms. The van der Waals surface area contributed by atoms with Crippen LogP contribution in [0.15, 0.2) is 119 Å². The van der Waals surface area contributed by atoms with Gasteiger partial charge in [0.15, 0.2) is 0 Å². The lowest BCUT2D eigenvalue weighted by atomic mass is 9.84. The zero-order chi connectivity index (χ0) is 44.2. The normalized spacial score (nSPS) is 14.5. The fraction of sp³-hybridized carbons (Fsp3) is 0.256. The van der Waals surface area contributed by atoms with Crippen molar-refractivity contribution in [3.63, 3.8) is 0 Å². The average Bonchev–Trinajstić information content (AvgIpc) is 3.73. The minimum atomic E-state index is -6.03. The van der Waals surface area contributed by atoms with E-state index in [0.717, 1.165) is 28.8 Å². The number of carbonyl (C=O) groups excluding carboxylic acids is 1. The fourth-order valence-electron chi connectivity index (χ4n) is 7.34. The van der Waals surface area contributed by atoms with Crippen molar-refractivity contribution in [2.24, 2.45) is 5.92 Å². The topological polar surface area (TPSA) is 183 Å².